The van der Waals surface area contributed by atoms with Crippen molar-refractivity contribution >= 4 is 22.1 Å². The van der Waals surface area contributed by atoms with Gasteiger partial charge in [-0.2, -0.15) is 9.41 Å². The number of nitrogens with zero attached hydrogens (tertiary/aromatic N) is 2. The Labute approximate surface area is 199 Å². The van der Waals surface area contributed by atoms with Gasteiger partial charge in [-0.15, -0.1) is 0 Å². The molecule has 0 fully saturated rings. The van der Waals surface area contributed by atoms with Gasteiger partial charge in [-0.1, -0.05) is 48.0 Å². The van der Waals surface area contributed by atoms with Crippen LogP contribution >= 0.6 is 0 Å². The predicted octanol–water partition coefficient (Wildman–Crippen LogP) is 3.35. The minimum atomic E-state index is -3.91. The highest BCUT2D eigenvalue weighted by molar-refractivity contribution is 7.89. The Hall–Kier alpha value is -3.69. The maximum atomic E-state index is 13.2. The molecule has 1 N–H and O–H groups in total. The number of rotatable bonds is 10. The summed E-state index contributed by atoms with van der Waals surface area (Å²) < 4.78 is 38.1. The van der Waals surface area contributed by atoms with E-state index in [9.17, 15) is 13.2 Å². The number of methoxy groups -OCH3 is 2. The highest BCUT2D eigenvalue weighted by Gasteiger charge is 2.26. The van der Waals surface area contributed by atoms with Crippen LogP contribution in [0.4, 0.5) is 0 Å². The van der Waals surface area contributed by atoms with Crippen LogP contribution in [0.5, 0.6) is 11.5 Å². The van der Waals surface area contributed by atoms with Crippen molar-refractivity contribution in [3.63, 3.8) is 0 Å². The van der Waals surface area contributed by atoms with Crippen molar-refractivity contribution in [2.75, 3.05) is 20.8 Å². The average Bonchev–Trinajstić information content (AvgIpc) is 2.85. The highest BCUT2D eigenvalue weighted by atomic mass is 32.2. The molecule has 178 valence electrons. The van der Waals surface area contributed by atoms with Gasteiger partial charge in [-0.25, -0.2) is 13.8 Å². The standard InChI is InChI=1S/C25H27N3O5S/c1-19-9-11-20(12-10-19)17-28(34(30,31)22-7-5-4-6-8-22)18-25(29)27-26-16-21-13-14-23(32-2)24(15-21)33-3/h4-16H,17-18H2,1-3H3,(H,27,29)/b26-16+. The Kier molecular flexibility index (Phi) is 8.39. The fraction of sp³-hybridized carbons (Fsp3) is 0.200. The summed E-state index contributed by atoms with van der Waals surface area (Å²) in [5.41, 5.74) is 4.90. The first-order chi connectivity index (χ1) is 16.3. The third-order valence-electron chi connectivity index (χ3n) is 4.99. The Balaban J connectivity index is 1.75. The Morgan fingerprint density at radius 2 is 1.65 bits per heavy atom. The molecule has 0 heterocycles. The van der Waals surface area contributed by atoms with Gasteiger partial charge in [0, 0.05) is 6.54 Å². The predicted molar refractivity (Wildman–Crippen MR) is 130 cm³/mol. The van der Waals surface area contributed by atoms with Crippen molar-refractivity contribution in [3.8, 4) is 11.5 Å². The number of hydrogen-bond donors (Lipinski definition) is 1. The van der Waals surface area contributed by atoms with Crippen LogP contribution in [0, 0.1) is 6.92 Å². The van der Waals surface area contributed by atoms with Gasteiger partial charge >= 0.3 is 0 Å². The van der Waals surface area contributed by atoms with Gasteiger partial charge in [0.05, 0.1) is 31.9 Å². The summed E-state index contributed by atoms with van der Waals surface area (Å²) >= 11 is 0. The molecule has 34 heavy (non-hydrogen) atoms. The first-order valence-corrected chi connectivity index (χ1v) is 11.9. The largest absolute Gasteiger partial charge is 0.493 e. The number of ether oxygens (including phenoxy) is 2. The lowest BCUT2D eigenvalue weighted by atomic mass is 10.1. The number of carbonyl (C=O) groups is 1. The average molecular weight is 482 g/mol. The molecule has 1 amide bonds. The fourth-order valence-electron chi connectivity index (χ4n) is 3.17. The topological polar surface area (TPSA) is 97.3 Å². The zero-order chi connectivity index (χ0) is 24.6. The van der Waals surface area contributed by atoms with Crippen LogP contribution in [0.25, 0.3) is 0 Å². The molecule has 0 saturated heterocycles. The molecule has 3 aromatic carbocycles. The van der Waals surface area contributed by atoms with Gasteiger partial charge in [-0.05, 0) is 48.4 Å². The maximum Gasteiger partial charge on any atom is 0.255 e. The minimum Gasteiger partial charge on any atom is -0.493 e. The molecule has 0 bridgehead atoms. The molecule has 0 saturated carbocycles. The number of benzene rings is 3. The molecule has 0 radical (unpaired) electrons. The summed E-state index contributed by atoms with van der Waals surface area (Å²) in [6.45, 7) is 1.60. The van der Waals surface area contributed by atoms with Gasteiger partial charge in [0.25, 0.3) is 5.91 Å². The monoisotopic (exact) mass is 481 g/mol. The molecule has 9 heteroatoms. The quantitative estimate of drug-likeness (QED) is 0.354. The number of carbonyl (C=O) groups excluding carboxylic acids is 1. The summed E-state index contributed by atoms with van der Waals surface area (Å²) in [7, 11) is -0.845. The van der Waals surface area contributed by atoms with Crippen LogP contribution < -0.4 is 14.9 Å². The van der Waals surface area contributed by atoms with Crippen molar-refractivity contribution < 1.29 is 22.7 Å². The number of amides is 1. The van der Waals surface area contributed by atoms with Crippen molar-refractivity contribution in [3.05, 3.63) is 89.5 Å². The van der Waals surface area contributed by atoms with Gasteiger partial charge in [0.15, 0.2) is 11.5 Å². The summed E-state index contributed by atoms with van der Waals surface area (Å²) in [6.07, 6.45) is 1.44. The summed E-state index contributed by atoms with van der Waals surface area (Å²) in [6, 6.07) is 20.7. The van der Waals surface area contributed by atoms with Crippen molar-refractivity contribution in [1.82, 2.24) is 9.73 Å². The van der Waals surface area contributed by atoms with E-state index in [2.05, 4.69) is 10.5 Å². The lowest BCUT2D eigenvalue weighted by Gasteiger charge is -2.21. The zero-order valence-corrected chi connectivity index (χ0v) is 20.1. The minimum absolute atomic E-state index is 0.0460. The second-order valence-corrected chi connectivity index (χ2v) is 9.42. The molecule has 0 atom stereocenters. The van der Waals surface area contributed by atoms with Crippen LogP contribution in [0.2, 0.25) is 0 Å². The van der Waals surface area contributed by atoms with Crippen LogP contribution in [0.15, 0.2) is 82.8 Å². The molecular formula is C25H27N3O5S. The van der Waals surface area contributed by atoms with Crippen molar-refractivity contribution in [1.29, 1.82) is 0 Å². The number of hydrazone groups is 1. The SMILES string of the molecule is COc1ccc(/C=N/NC(=O)CN(Cc2ccc(C)cc2)S(=O)(=O)c2ccccc2)cc1OC. The molecule has 0 aliphatic rings. The summed E-state index contributed by atoms with van der Waals surface area (Å²) in [5, 5.41) is 3.96. The van der Waals surface area contributed by atoms with E-state index >= 15 is 0 Å². The van der Waals surface area contributed by atoms with Crippen LogP contribution in [0.1, 0.15) is 16.7 Å². The van der Waals surface area contributed by atoms with Gasteiger partial charge in [0.2, 0.25) is 10.0 Å². The second-order valence-electron chi connectivity index (χ2n) is 7.48. The van der Waals surface area contributed by atoms with Gasteiger partial charge in [0.1, 0.15) is 0 Å². The van der Waals surface area contributed by atoms with Crippen molar-refractivity contribution in [2.45, 2.75) is 18.4 Å². The van der Waals surface area contributed by atoms with Gasteiger partial charge in [-0.3, -0.25) is 4.79 Å². The fourth-order valence-corrected chi connectivity index (χ4v) is 4.58. The molecule has 0 unspecified atom stereocenters. The summed E-state index contributed by atoms with van der Waals surface area (Å²) in [5.74, 6) is 0.529. The van der Waals surface area contributed by atoms with E-state index in [1.165, 1.54) is 32.6 Å². The summed E-state index contributed by atoms with van der Waals surface area (Å²) in [4.78, 5) is 12.7. The molecular weight excluding hydrogens is 454 g/mol. The second kappa shape index (κ2) is 11.4. The number of nitrogens with one attached hydrogen (secondary N) is 1. The first-order valence-electron chi connectivity index (χ1n) is 10.5. The Bertz CT molecular complexity index is 1240. The Morgan fingerprint density at radius 1 is 0.971 bits per heavy atom. The van der Waals surface area contributed by atoms with Crippen LogP contribution in [0.3, 0.4) is 0 Å². The molecule has 0 spiro atoms. The normalized spacial score (nSPS) is 11.5. The van der Waals surface area contributed by atoms with E-state index in [-0.39, 0.29) is 11.4 Å². The van der Waals surface area contributed by atoms with Crippen LogP contribution in [-0.4, -0.2) is 45.6 Å². The van der Waals surface area contributed by atoms with E-state index in [0.717, 1.165) is 15.4 Å². The van der Waals surface area contributed by atoms with E-state index in [0.29, 0.717) is 17.1 Å². The van der Waals surface area contributed by atoms with E-state index in [1.54, 1.807) is 36.4 Å². The first kappa shape index (κ1) is 24.9. The zero-order valence-electron chi connectivity index (χ0n) is 19.3. The number of aryl methyl sites for hydroxylation is 1. The lowest BCUT2D eigenvalue weighted by molar-refractivity contribution is -0.121. The third-order valence-corrected chi connectivity index (χ3v) is 6.80. The molecule has 0 aliphatic carbocycles. The smallest absolute Gasteiger partial charge is 0.255 e. The van der Waals surface area contributed by atoms with Crippen molar-refractivity contribution in [2.24, 2.45) is 5.10 Å². The molecule has 8 nitrogen and oxygen atoms in total. The van der Waals surface area contributed by atoms with Gasteiger partial charge < -0.3 is 9.47 Å². The van der Waals surface area contributed by atoms with Crippen LogP contribution in [-0.2, 0) is 21.4 Å². The van der Waals surface area contributed by atoms with E-state index < -0.39 is 22.5 Å². The molecule has 0 aliphatic heterocycles. The number of hydrogen-bond acceptors (Lipinski definition) is 6. The van der Waals surface area contributed by atoms with E-state index in [1.807, 2.05) is 31.2 Å². The number of sulfonamides is 1. The highest BCUT2D eigenvalue weighted by Crippen LogP contribution is 2.26. The molecule has 3 aromatic rings. The maximum absolute atomic E-state index is 13.2. The third kappa shape index (κ3) is 6.43. The van der Waals surface area contributed by atoms with E-state index in [4.69, 9.17) is 9.47 Å². The lowest BCUT2D eigenvalue weighted by Crippen LogP contribution is -2.39. The Morgan fingerprint density at radius 3 is 2.29 bits per heavy atom. The molecule has 0 aromatic heterocycles. The molecule has 3 rings (SSSR count).